The number of piperazine rings is 1. The van der Waals surface area contributed by atoms with E-state index >= 15 is 0 Å². The Morgan fingerprint density at radius 2 is 1.71 bits per heavy atom. The average Bonchev–Trinajstić information content (AvgIpc) is 3.11. The number of thioether (sulfide) groups is 1. The predicted molar refractivity (Wildman–Crippen MR) is 111 cm³/mol. The van der Waals surface area contributed by atoms with Crippen LogP contribution in [0, 0.1) is 0 Å². The zero-order chi connectivity index (χ0) is 19.5. The molecule has 0 atom stereocenters. The summed E-state index contributed by atoms with van der Waals surface area (Å²) in [7, 11) is 0. The molecule has 2 heterocycles. The number of carbonyl (C=O) groups is 2. The van der Waals surface area contributed by atoms with Crippen molar-refractivity contribution >= 4 is 34.6 Å². The molecule has 0 radical (unpaired) electrons. The smallest absolute Gasteiger partial charge is 0.233 e. The van der Waals surface area contributed by atoms with E-state index in [-0.39, 0.29) is 11.8 Å². The Bertz CT molecular complexity index is 851. The lowest BCUT2D eigenvalue weighted by Crippen LogP contribution is -2.50. The molecule has 0 unspecified atom stereocenters. The van der Waals surface area contributed by atoms with Gasteiger partial charge in [-0.25, -0.2) is 4.98 Å². The van der Waals surface area contributed by atoms with Crippen molar-refractivity contribution in [1.29, 1.82) is 0 Å². The summed E-state index contributed by atoms with van der Waals surface area (Å²) in [4.78, 5) is 32.7. The van der Waals surface area contributed by atoms with Crippen LogP contribution in [0.3, 0.4) is 0 Å². The zero-order valence-corrected chi connectivity index (χ0v) is 17.3. The summed E-state index contributed by atoms with van der Waals surface area (Å²) >= 11 is 1.56. The minimum absolute atomic E-state index is 0.0858. The maximum atomic E-state index is 12.7. The van der Waals surface area contributed by atoms with Crippen molar-refractivity contribution in [3.8, 4) is 0 Å². The quantitative estimate of drug-likeness (QED) is 0.739. The van der Waals surface area contributed by atoms with Gasteiger partial charge in [0, 0.05) is 39.1 Å². The van der Waals surface area contributed by atoms with Crippen LogP contribution in [0.5, 0.6) is 0 Å². The molecule has 2 amide bonds. The normalized spacial score (nSPS) is 18.6. The second-order valence-corrected chi connectivity index (χ2v) is 8.66. The summed E-state index contributed by atoms with van der Waals surface area (Å²) in [6.07, 6.45) is 6.22. The fourth-order valence-electron chi connectivity index (χ4n) is 4.30. The molecule has 1 aromatic carbocycles. The van der Waals surface area contributed by atoms with E-state index in [0.717, 1.165) is 10.7 Å². The topological polar surface area (TPSA) is 58.4 Å². The van der Waals surface area contributed by atoms with Crippen molar-refractivity contribution in [3.63, 3.8) is 0 Å². The summed E-state index contributed by atoms with van der Waals surface area (Å²) in [6.45, 7) is 4.10. The number of hydrogen-bond acceptors (Lipinski definition) is 4. The van der Waals surface area contributed by atoms with E-state index in [1.165, 1.54) is 37.6 Å². The van der Waals surface area contributed by atoms with Crippen molar-refractivity contribution in [2.24, 2.45) is 0 Å². The largest absolute Gasteiger partial charge is 0.339 e. The van der Waals surface area contributed by atoms with Crippen LogP contribution < -0.4 is 0 Å². The van der Waals surface area contributed by atoms with E-state index in [9.17, 15) is 9.59 Å². The first-order valence-corrected chi connectivity index (χ1v) is 11.2. The number of fused-ring (bicyclic) bond motifs is 1. The predicted octanol–water partition coefficient (Wildman–Crippen LogP) is 3.32. The highest BCUT2D eigenvalue weighted by Gasteiger charge is 2.25. The van der Waals surface area contributed by atoms with Crippen molar-refractivity contribution in [1.82, 2.24) is 19.4 Å². The van der Waals surface area contributed by atoms with Crippen LogP contribution in [0.15, 0.2) is 29.4 Å². The lowest BCUT2D eigenvalue weighted by atomic mass is 9.95. The van der Waals surface area contributed by atoms with Gasteiger partial charge >= 0.3 is 0 Å². The van der Waals surface area contributed by atoms with E-state index in [1.54, 1.807) is 23.6 Å². The first-order valence-electron chi connectivity index (χ1n) is 10.3. The van der Waals surface area contributed by atoms with Gasteiger partial charge in [0.15, 0.2) is 5.16 Å². The Morgan fingerprint density at radius 1 is 1.04 bits per heavy atom. The monoisotopic (exact) mass is 400 g/mol. The maximum Gasteiger partial charge on any atom is 0.233 e. The van der Waals surface area contributed by atoms with Gasteiger partial charge < -0.3 is 14.4 Å². The lowest BCUT2D eigenvalue weighted by Gasteiger charge is -2.34. The number of hydrogen-bond donors (Lipinski definition) is 0. The van der Waals surface area contributed by atoms with Gasteiger partial charge in [-0.1, -0.05) is 43.2 Å². The van der Waals surface area contributed by atoms with Crippen LogP contribution in [-0.4, -0.2) is 63.1 Å². The number of imidazole rings is 1. The van der Waals surface area contributed by atoms with E-state index in [4.69, 9.17) is 4.98 Å². The van der Waals surface area contributed by atoms with Crippen molar-refractivity contribution in [2.45, 2.75) is 50.2 Å². The van der Waals surface area contributed by atoms with E-state index in [2.05, 4.69) is 22.8 Å². The molecule has 2 fully saturated rings. The number of rotatable bonds is 4. The standard InChI is InChI=1S/C21H28N4O2S/c1-16(26)23-11-13-24(14-12-23)20(27)15-28-21-22-18-9-5-6-10-19(18)25(21)17-7-3-2-4-8-17/h5-6,9-10,17H,2-4,7-8,11-15H2,1H3. The molecule has 1 saturated heterocycles. The Balaban J connectivity index is 1.46. The molecule has 28 heavy (non-hydrogen) atoms. The zero-order valence-electron chi connectivity index (χ0n) is 16.5. The summed E-state index contributed by atoms with van der Waals surface area (Å²) < 4.78 is 2.38. The number of amides is 2. The molecule has 6 nitrogen and oxygen atoms in total. The van der Waals surface area contributed by atoms with Crippen LogP contribution in [0.25, 0.3) is 11.0 Å². The summed E-state index contributed by atoms with van der Waals surface area (Å²) in [5, 5.41) is 0.962. The van der Waals surface area contributed by atoms with Gasteiger partial charge in [0.25, 0.3) is 0 Å². The molecular weight excluding hydrogens is 372 g/mol. The third-order valence-electron chi connectivity index (χ3n) is 5.91. The summed E-state index contributed by atoms with van der Waals surface area (Å²) in [6, 6.07) is 8.77. The molecule has 4 rings (SSSR count). The minimum Gasteiger partial charge on any atom is -0.339 e. The third kappa shape index (κ3) is 4.04. The highest BCUT2D eigenvalue weighted by Crippen LogP contribution is 2.35. The van der Waals surface area contributed by atoms with Crippen LogP contribution in [0.1, 0.15) is 45.1 Å². The number of benzene rings is 1. The van der Waals surface area contributed by atoms with Crippen molar-refractivity contribution in [3.05, 3.63) is 24.3 Å². The molecule has 150 valence electrons. The fraction of sp³-hybridized carbons (Fsp3) is 0.571. The highest BCUT2D eigenvalue weighted by molar-refractivity contribution is 7.99. The Hall–Kier alpha value is -2.02. The first-order chi connectivity index (χ1) is 13.6. The second-order valence-electron chi connectivity index (χ2n) is 7.72. The van der Waals surface area contributed by atoms with Gasteiger partial charge in [-0.2, -0.15) is 0 Å². The number of carbonyl (C=O) groups excluding carboxylic acids is 2. The first kappa shape index (κ1) is 19.3. The van der Waals surface area contributed by atoms with Gasteiger partial charge in [-0.05, 0) is 25.0 Å². The van der Waals surface area contributed by atoms with Gasteiger partial charge in [0.2, 0.25) is 11.8 Å². The van der Waals surface area contributed by atoms with Crippen molar-refractivity contribution in [2.75, 3.05) is 31.9 Å². The molecule has 2 aromatic rings. The number of nitrogens with zero attached hydrogens (tertiary/aromatic N) is 4. The molecule has 1 saturated carbocycles. The van der Waals surface area contributed by atoms with E-state index in [1.807, 2.05) is 11.0 Å². The maximum absolute atomic E-state index is 12.7. The van der Waals surface area contributed by atoms with Gasteiger partial charge in [-0.15, -0.1) is 0 Å². The molecule has 1 aliphatic carbocycles. The molecule has 0 spiro atoms. The SMILES string of the molecule is CC(=O)N1CCN(C(=O)CSc2nc3ccccc3n2C2CCCCC2)CC1. The minimum atomic E-state index is 0.0858. The van der Waals surface area contributed by atoms with Gasteiger partial charge in [0.1, 0.15) is 0 Å². The summed E-state index contributed by atoms with van der Waals surface area (Å²) in [5.74, 6) is 0.619. The van der Waals surface area contributed by atoms with Crippen LogP contribution >= 0.6 is 11.8 Å². The molecule has 1 aromatic heterocycles. The second kappa shape index (κ2) is 8.55. The van der Waals surface area contributed by atoms with Crippen LogP contribution in [0.2, 0.25) is 0 Å². The Labute approximate surface area is 170 Å². The third-order valence-corrected chi connectivity index (χ3v) is 6.84. The lowest BCUT2D eigenvalue weighted by molar-refractivity contribution is -0.136. The average molecular weight is 401 g/mol. The molecule has 7 heteroatoms. The van der Waals surface area contributed by atoms with E-state index in [0.29, 0.717) is 38.0 Å². The van der Waals surface area contributed by atoms with E-state index < -0.39 is 0 Å². The van der Waals surface area contributed by atoms with Crippen LogP contribution in [-0.2, 0) is 9.59 Å². The number of aromatic nitrogens is 2. The molecule has 0 bridgehead atoms. The Kier molecular flexibility index (Phi) is 5.90. The van der Waals surface area contributed by atoms with Crippen LogP contribution in [0.4, 0.5) is 0 Å². The van der Waals surface area contributed by atoms with Gasteiger partial charge in [0.05, 0.1) is 16.8 Å². The summed E-state index contributed by atoms with van der Waals surface area (Å²) in [5.41, 5.74) is 2.19. The highest BCUT2D eigenvalue weighted by atomic mass is 32.2. The van der Waals surface area contributed by atoms with Gasteiger partial charge in [-0.3, -0.25) is 9.59 Å². The molecule has 2 aliphatic rings. The van der Waals surface area contributed by atoms with Crippen molar-refractivity contribution < 1.29 is 9.59 Å². The molecule has 1 aliphatic heterocycles. The number of para-hydroxylation sites is 2. The Morgan fingerprint density at radius 3 is 2.43 bits per heavy atom. The fourth-order valence-corrected chi connectivity index (χ4v) is 5.29. The molecular formula is C21H28N4O2S. The molecule has 0 N–H and O–H groups in total.